The highest BCUT2D eigenvalue weighted by molar-refractivity contribution is 5.91. The molecule has 0 aliphatic heterocycles. The third-order valence-electron chi connectivity index (χ3n) is 4.08. The summed E-state index contributed by atoms with van der Waals surface area (Å²) in [6.45, 7) is 0.873. The molecule has 148 valence electrons. The highest BCUT2D eigenvalue weighted by Gasteiger charge is 2.12. The van der Waals surface area contributed by atoms with E-state index in [0.29, 0.717) is 36.2 Å². The molecule has 5 N–H and O–H groups in total. The lowest BCUT2D eigenvalue weighted by molar-refractivity contribution is 0.311. The summed E-state index contributed by atoms with van der Waals surface area (Å²) in [5.41, 5.74) is 2.70. The van der Waals surface area contributed by atoms with E-state index in [-0.39, 0.29) is 6.61 Å². The predicted molar refractivity (Wildman–Crippen MR) is 118 cm³/mol. The van der Waals surface area contributed by atoms with Crippen molar-refractivity contribution in [2.45, 2.75) is 6.54 Å². The first-order valence-corrected chi connectivity index (χ1v) is 9.33. The Hall–Kier alpha value is -3.71. The van der Waals surface area contributed by atoms with Gasteiger partial charge in [0.25, 0.3) is 0 Å². The van der Waals surface area contributed by atoms with Crippen molar-refractivity contribution in [1.29, 1.82) is 5.41 Å². The number of aromatic nitrogens is 2. The Bertz CT molecular complexity index is 944. The minimum absolute atomic E-state index is 0.0286. The number of hydrogen-bond acceptors (Lipinski definition) is 7. The SMILES string of the molecule is N=Cc1c(N/C=C/c2ccccc2)nc(NCCO)nc1NCc1ccccc1. The summed E-state index contributed by atoms with van der Waals surface area (Å²) in [5.74, 6) is 1.41. The van der Waals surface area contributed by atoms with Crippen molar-refractivity contribution in [3.05, 3.63) is 83.6 Å². The van der Waals surface area contributed by atoms with E-state index < -0.39 is 0 Å². The van der Waals surface area contributed by atoms with Crippen molar-refractivity contribution in [2.24, 2.45) is 0 Å². The molecule has 7 nitrogen and oxygen atoms in total. The van der Waals surface area contributed by atoms with Crippen molar-refractivity contribution in [3.63, 3.8) is 0 Å². The molecule has 3 aromatic rings. The second-order valence-corrected chi connectivity index (χ2v) is 6.18. The molecule has 1 aromatic heterocycles. The van der Waals surface area contributed by atoms with Crippen molar-refractivity contribution >= 4 is 29.9 Å². The van der Waals surface area contributed by atoms with E-state index >= 15 is 0 Å². The van der Waals surface area contributed by atoms with Gasteiger partial charge in [-0.15, -0.1) is 0 Å². The van der Waals surface area contributed by atoms with Crippen LogP contribution in [0.5, 0.6) is 0 Å². The summed E-state index contributed by atoms with van der Waals surface area (Å²) in [6.07, 6.45) is 4.93. The summed E-state index contributed by atoms with van der Waals surface area (Å²) >= 11 is 0. The van der Waals surface area contributed by atoms with E-state index in [4.69, 9.17) is 10.5 Å². The molecular formula is C22H24N6O. The van der Waals surface area contributed by atoms with E-state index in [0.717, 1.165) is 11.1 Å². The summed E-state index contributed by atoms with van der Waals surface area (Å²) in [4.78, 5) is 8.90. The Balaban J connectivity index is 1.84. The standard InChI is InChI=1S/C22H24N6O/c23-15-19-20(24-12-11-17-7-3-1-4-8-17)27-22(25-13-14-29)28-21(19)26-16-18-9-5-2-6-10-18/h1-12,15,23,29H,13-14,16H2,(H3,24,25,26,27,28)/b12-11+,23-15?. The van der Waals surface area contributed by atoms with Gasteiger partial charge in [0.05, 0.1) is 12.2 Å². The van der Waals surface area contributed by atoms with Crippen LogP contribution >= 0.6 is 0 Å². The molecule has 0 saturated carbocycles. The van der Waals surface area contributed by atoms with Gasteiger partial charge in [0.2, 0.25) is 5.95 Å². The van der Waals surface area contributed by atoms with Gasteiger partial charge in [0.1, 0.15) is 11.6 Å². The smallest absolute Gasteiger partial charge is 0.226 e. The molecule has 29 heavy (non-hydrogen) atoms. The second kappa shape index (κ2) is 10.6. The predicted octanol–water partition coefficient (Wildman–Crippen LogP) is 3.57. The van der Waals surface area contributed by atoms with Crippen LogP contribution in [0.4, 0.5) is 17.6 Å². The van der Waals surface area contributed by atoms with Gasteiger partial charge in [-0.2, -0.15) is 9.97 Å². The van der Waals surface area contributed by atoms with Crippen LogP contribution < -0.4 is 16.0 Å². The van der Waals surface area contributed by atoms with Gasteiger partial charge in [0.15, 0.2) is 0 Å². The van der Waals surface area contributed by atoms with E-state index in [1.807, 2.05) is 66.7 Å². The third kappa shape index (κ3) is 5.88. The van der Waals surface area contributed by atoms with Crippen LogP contribution in [0.3, 0.4) is 0 Å². The van der Waals surface area contributed by atoms with Gasteiger partial charge in [-0.3, -0.25) is 0 Å². The molecule has 0 bridgehead atoms. The number of benzene rings is 2. The number of anilines is 3. The first-order valence-electron chi connectivity index (χ1n) is 9.33. The van der Waals surface area contributed by atoms with Gasteiger partial charge in [-0.05, 0) is 17.2 Å². The van der Waals surface area contributed by atoms with Crippen LogP contribution in [0.15, 0.2) is 66.9 Å². The average molecular weight is 388 g/mol. The molecule has 1 heterocycles. The molecule has 3 rings (SSSR count). The average Bonchev–Trinajstić information content (AvgIpc) is 2.77. The summed E-state index contributed by atoms with van der Waals surface area (Å²) in [6, 6.07) is 19.9. The summed E-state index contributed by atoms with van der Waals surface area (Å²) in [7, 11) is 0. The molecule has 0 amide bonds. The minimum Gasteiger partial charge on any atom is -0.395 e. The monoisotopic (exact) mass is 388 g/mol. The second-order valence-electron chi connectivity index (χ2n) is 6.18. The lowest BCUT2D eigenvalue weighted by Crippen LogP contribution is -2.14. The molecule has 0 spiro atoms. The topological polar surface area (TPSA) is 106 Å². The Morgan fingerprint density at radius 3 is 2.28 bits per heavy atom. The summed E-state index contributed by atoms with van der Waals surface area (Å²) in [5, 5.41) is 26.3. The Morgan fingerprint density at radius 2 is 1.59 bits per heavy atom. The lowest BCUT2D eigenvalue weighted by atomic mass is 10.2. The quantitative estimate of drug-likeness (QED) is 0.340. The van der Waals surface area contributed by atoms with Gasteiger partial charge in [-0.25, -0.2) is 0 Å². The van der Waals surface area contributed by atoms with Crippen LogP contribution in [0, 0.1) is 5.41 Å². The Morgan fingerprint density at radius 1 is 0.897 bits per heavy atom. The fraction of sp³-hybridized carbons (Fsp3) is 0.136. The number of nitrogens with one attached hydrogen (secondary N) is 4. The molecular weight excluding hydrogens is 364 g/mol. The van der Waals surface area contributed by atoms with E-state index in [1.54, 1.807) is 6.20 Å². The zero-order chi connectivity index (χ0) is 20.3. The van der Waals surface area contributed by atoms with Gasteiger partial charge in [-0.1, -0.05) is 60.7 Å². The van der Waals surface area contributed by atoms with Crippen LogP contribution in [0.1, 0.15) is 16.7 Å². The molecule has 0 aliphatic rings. The van der Waals surface area contributed by atoms with E-state index in [2.05, 4.69) is 25.9 Å². The highest BCUT2D eigenvalue weighted by Crippen LogP contribution is 2.22. The van der Waals surface area contributed by atoms with Crippen molar-refractivity contribution in [2.75, 3.05) is 29.1 Å². The first kappa shape index (κ1) is 20.0. The maximum absolute atomic E-state index is 9.09. The number of hydrogen-bond donors (Lipinski definition) is 5. The third-order valence-corrected chi connectivity index (χ3v) is 4.08. The maximum atomic E-state index is 9.09. The fourth-order valence-electron chi connectivity index (χ4n) is 2.66. The van der Waals surface area contributed by atoms with Crippen molar-refractivity contribution < 1.29 is 5.11 Å². The molecule has 0 unspecified atom stereocenters. The van der Waals surface area contributed by atoms with Crippen LogP contribution in [0.2, 0.25) is 0 Å². The number of aliphatic hydroxyl groups excluding tert-OH is 1. The molecule has 0 aliphatic carbocycles. The van der Waals surface area contributed by atoms with Crippen LogP contribution in [-0.2, 0) is 6.54 Å². The Kier molecular flexibility index (Phi) is 7.31. The minimum atomic E-state index is -0.0286. The molecule has 0 atom stereocenters. The zero-order valence-corrected chi connectivity index (χ0v) is 16.0. The highest BCUT2D eigenvalue weighted by atomic mass is 16.3. The number of aliphatic hydroxyl groups is 1. The normalized spacial score (nSPS) is 10.7. The van der Waals surface area contributed by atoms with Crippen molar-refractivity contribution in [3.8, 4) is 0 Å². The fourth-order valence-corrected chi connectivity index (χ4v) is 2.66. The van der Waals surface area contributed by atoms with E-state index in [1.165, 1.54) is 6.21 Å². The largest absolute Gasteiger partial charge is 0.395 e. The van der Waals surface area contributed by atoms with Gasteiger partial charge in [0, 0.05) is 25.5 Å². The zero-order valence-electron chi connectivity index (χ0n) is 16.0. The summed E-state index contributed by atoms with van der Waals surface area (Å²) < 4.78 is 0. The van der Waals surface area contributed by atoms with Gasteiger partial charge >= 0.3 is 0 Å². The molecule has 0 radical (unpaired) electrons. The van der Waals surface area contributed by atoms with Crippen molar-refractivity contribution in [1.82, 2.24) is 9.97 Å². The number of nitrogens with zero attached hydrogens (tertiary/aromatic N) is 2. The first-order chi connectivity index (χ1) is 14.3. The maximum Gasteiger partial charge on any atom is 0.226 e. The van der Waals surface area contributed by atoms with E-state index in [9.17, 15) is 0 Å². The van der Waals surface area contributed by atoms with Crippen LogP contribution in [-0.4, -0.2) is 34.4 Å². The Labute approximate surface area is 170 Å². The number of rotatable bonds is 10. The molecule has 7 heteroatoms. The molecule has 0 fully saturated rings. The lowest BCUT2D eigenvalue weighted by Gasteiger charge is -2.14. The van der Waals surface area contributed by atoms with Gasteiger partial charge < -0.3 is 26.5 Å². The molecule has 0 saturated heterocycles. The molecule has 2 aromatic carbocycles. The van der Waals surface area contributed by atoms with Crippen LogP contribution in [0.25, 0.3) is 6.08 Å².